The van der Waals surface area contributed by atoms with E-state index in [0.717, 1.165) is 43.4 Å². The summed E-state index contributed by atoms with van der Waals surface area (Å²) in [5.74, 6) is 0. The molecular weight excluding hydrogens is 338 g/mol. The summed E-state index contributed by atoms with van der Waals surface area (Å²) < 4.78 is 0. The second-order valence-corrected chi connectivity index (χ2v) is 7.27. The SMILES string of the molecule is CCN(CC)Cc1ccccc1CNCc1nc(-c2ccccc2)cs1. The molecule has 0 radical (unpaired) electrons. The first-order valence-electron chi connectivity index (χ1n) is 9.29. The number of hydrogen-bond acceptors (Lipinski definition) is 4. The second-order valence-electron chi connectivity index (χ2n) is 6.33. The zero-order chi connectivity index (χ0) is 18.2. The van der Waals surface area contributed by atoms with Crippen LogP contribution in [0.5, 0.6) is 0 Å². The average molecular weight is 366 g/mol. The zero-order valence-electron chi connectivity index (χ0n) is 15.6. The van der Waals surface area contributed by atoms with Crippen LogP contribution in [0.15, 0.2) is 60.0 Å². The summed E-state index contributed by atoms with van der Waals surface area (Å²) in [4.78, 5) is 7.21. The largest absolute Gasteiger partial charge is 0.306 e. The van der Waals surface area contributed by atoms with Crippen LogP contribution >= 0.6 is 11.3 Å². The number of rotatable bonds is 9. The first-order valence-corrected chi connectivity index (χ1v) is 10.2. The smallest absolute Gasteiger partial charge is 0.107 e. The molecule has 0 unspecified atom stereocenters. The number of nitrogens with one attached hydrogen (secondary N) is 1. The van der Waals surface area contributed by atoms with Crippen LogP contribution in [0.1, 0.15) is 30.0 Å². The summed E-state index contributed by atoms with van der Waals surface area (Å²) >= 11 is 1.72. The van der Waals surface area contributed by atoms with Gasteiger partial charge in [-0.2, -0.15) is 0 Å². The molecular formula is C22H27N3S. The molecule has 1 heterocycles. The maximum atomic E-state index is 4.76. The quantitative estimate of drug-likeness (QED) is 0.582. The van der Waals surface area contributed by atoms with E-state index in [9.17, 15) is 0 Å². The highest BCUT2D eigenvalue weighted by Crippen LogP contribution is 2.21. The van der Waals surface area contributed by atoms with Crippen LogP contribution in [0.3, 0.4) is 0 Å². The van der Waals surface area contributed by atoms with Crippen molar-refractivity contribution in [1.82, 2.24) is 15.2 Å². The lowest BCUT2D eigenvalue weighted by atomic mass is 10.1. The molecule has 0 fully saturated rings. The maximum Gasteiger partial charge on any atom is 0.107 e. The predicted octanol–water partition coefficient (Wildman–Crippen LogP) is 4.94. The van der Waals surface area contributed by atoms with Gasteiger partial charge in [0.15, 0.2) is 0 Å². The van der Waals surface area contributed by atoms with Crippen molar-refractivity contribution in [3.63, 3.8) is 0 Å². The van der Waals surface area contributed by atoms with Crippen molar-refractivity contribution in [2.45, 2.75) is 33.5 Å². The van der Waals surface area contributed by atoms with Crippen molar-refractivity contribution in [1.29, 1.82) is 0 Å². The molecule has 0 saturated heterocycles. The molecule has 0 spiro atoms. The van der Waals surface area contributed by atoms with Gasteiger partial charge in [0.05, 0.1) is 5.69 Å². The Morgan fingerprint density at radius 3 is 2.31 bits per heavy atom. The van der Waals surface area contributed by atoms with Crippen molar-refractivity contribution >= 4 is 11.3 Å². The molecule has 136 valence electrons. The van der Waals surface area contributed by atoms with Gasteiger partial charge >= 0.3 is 0 Å². The molecule has 0 atom stereocenters. The Balaban J connectivity index is 1.58. The summed E-state index contributed by atoms with van der Waals surface area (Å²) in [7, 11) is 0. The lowest BCUT2D eigenvalue weighted by Gasteiger charge is -2.20. The van der Waals surface area contributed by atoms with Crippen molar-refractivity contribution in [2.75, 3.05) is 13.1 Å². The highest BCUT2D eigenvalue weighted by Gasteiger charge is 2.07. The van der Waals surface area contributed by atoms with Crippen LogP contribution in [0, 0.1) is 0 Å². The Labute approximate surface area is 160 Å². The molecule has 0 aliphatic heterocycles. The lowest BCUT2D eigenvalue weighted by molar-refractivity contribution is 0.294. The van der Waals surface area contributed by atoms with Crippen molar-refractivity contribution in [3.05, 3.63) is 76.1 Å². The third-order valence-corrected chi connectivity index (χ3v) is 5.47. The third kappa shape index (κ3) is 5.01. The van der Waals surface area contributed by atoms with E-state index in [1.807, 2.05) is 6.07 Å². The van der Waals surface area contributed by atoms with Crippen molar-refractivity contribution in [2.24, 2.45) is 0 Å². The van der Waals surface area contributed by atoms with Gasteiger partial charge in [-0.05, 0) is 24.2 Å². The van der Waals surface area contributed by atoms with Crippen LogP contribution in [0.4, 0.5) is 0 Å². The van der Waals surface area contributed by atoms with Crippen LogP contribution in [0.2, 0.25) is 0 Å². The highest BCUT2D eigenvalue weighted by molar-refractivity contribution is 7.09. The molecule has 2 aromatic carbocycles. The fourth-order valence-electron chi connectivity index (χ4n) is 3.01. The van der Waals surface area contributed by atoms with Crippen molar-refractivity contribution in [3.8, 4) is 11.3 Å². The Bertz CT molecular complexity index is 794. The van der Waals surface area contributed by atoms with Crippen LogP contribution < -0.4 is 5.32 Å². The summed E-state index contributed by atoms with van der Waals surface area (Å²) in [6, 6.07) is 19.1. The average Bonchev–Trinajstić information content (AvgIpc) is 3.17. The Kier molecular flexibility index (Phi) is 6.95. The topological polar surface area (TPSA) is 28.2 Å². The minimum Gasteiger partial charge on any atom is -0.306 e. The maximum absolute atomic E-state index is 4.76. The molecule has 0 amide bonds. The van der Waals surface area contributed by atoms with Gasteiger partial charge in [-0.25, -0.2) is 4.98 Å². The standard InChI is InChI=1S/C22H27N3S/c1-3-25(4-2)16-20-13-9-8-12-19(20)14-23-15-22-24-21(17-26-22)18-10-6-5-7-11-18/h5-13,17,23H,3-4,14-16H2,1-2H3. The van der Waals surface area contributed by atoms with E-state index in [2.05, 4.69) is 78.0 Å². The number of aromatic nitrogens is 1. The van der Waals surface area contributed by atoms with E-state index in [0.29, 0.717) is 0 Å². The van der Waals surface area contributed by atoms with E-state index in [1.54, 1.807) is 11.3 Å². The monoisotopic (exact) mass is 365 g/mol. The molecule has 0 saturated carbocycles. The molecule has 3 rings (SSSR count). The molecule has 0 bridgehead atoms. The number of thiazole rings is 1. The van der Waals surface area contributed by atoms with Crippen LogP contribution in [0.25, 0.3) is 11.3 Å². The first-order chi connectivity index (χ1) is 12.8. The fourth-order valence-corrected chi connectivity index (χ4v) is 3.78. The molecule has 4 heteroatoms. The minimum absolute atomic E-state index is 0.803. The van der Waals surface area contributed by atoms with Gasteiger partial charge in [0.1, 0.15) is 5.01 Å². The van der Waals surface area contributed by atoms with Crippen LogP contribution in [-0.4, -0.2) is 23.0 Å². The zero-order valence-corrected chi connectivity index (χ0v) is 16.4. The molecule has 0 aliphatic carbocycles. The Hall–Kier alpha value is -2.01. The summed E-state index contributed by atoms with van der Waals surface area (Å²) in [5, 5.41) is 6.83. The predicted molar refractivity (Wildman–Crippen MR) is 111 cm³/mol. The number of hydrogen-bond donors (Lipinski definition) is 1. The van der Waals surface area contributed by atoms with E-state index in [4.69, 9.17) is 4.98 Å². The van der Waals surface area contributed by atoms with E-state index in [1.165, 1.54) is 16.7 Å². The molecule has 3 aromatic rings. The Morgan fingerprint density at radius 2 is 1.58 bits per heavy atom. The number of nitrogens with zero attached hydrogens (tertiary/aromatic N) is 2. The van der Waals surface area contributed by atoms with Gasteiger partial charge in [0.25, 0.3) is 0 Å². The normalized spacial score (nSPS) is 11.2. The summed E-state index contributed by atoms with van der Waals surface area (Å²) in [5.41, 5.74) is 5.03. The first kappa shape index (κ1) is 18.8. The van der Waals surface area contributed by atoms with Crippen molar-refractivity contribution < 1.29 is 0 Å². The van der Waals surface area contributed by atoms with Gasteiger partial charge in [0.2, 0.25) is 0 Å². The van der Waals surface area contributed by atoms with Gasteiger partial charge in [0, 0.05) is 30.6 Å². The van der Waals surface area contributed by atoms with Crippen LogP contribution in [-0.2, 0) is 19.6 Å². The van der Waals surface area contributed by atoms with Gasteiger partial charge in [-0.15, -0.1) is 11.3 Å². The minimum atomic E-state index is 0.803. The number of benzene rings is 2. The molecule has 3 nitrogen and oxygen atoms in total. The van der Waals surface area contributed by atoms with Gasteiger partial charge < -0.3 is 5.32 Å². The molecule has 1 aromatic heterocycles. The van der Waals surface area contributed by atoms with Gasteiger partial charge in [-0.1, -0.05) is 68.4 Å². The fraction of sp³-hybridized carbons (Fsp3) is 0.318. The molecule has 0 aliphatic rings. The second kappa shape index (κ2) is 9.62. The summed E-state index contributed by atoms with van der Waals surface area (Å²) in [6.45, 7) is 9.29. The van der Waals surface area contributed by atoms with Gasteiger partial charge in [-0.3, -0.25) is 4.90 Å². The Morgan fingerprint density at radius 1 is 0.885 bits per heavy atom. The third-order valence-electron chi connectivity index (χ3n) is 4.62. The molecule has 1 N–H and O–H groups in total. The van der Waals surface area contributed by atoms with E-state index < -0.39 is 0 Å². The van der Waals surface area contributed by atoms with E-state index >= 15 is 0 Å². The van der Waals surface area contributed by atoms with E-state index in [-0.39, 0.29) is 0 Å². The molecule has 26 heavy (non-hydrogen) atoms. The lowest BCUT2D eigenvalue weighted by Crippen LogP contribution is -2.23. The summed E-state index contributed by atoms with van der Waals surface area (Å²) in [6.07, 6.45) is 0. The highest BCUT2D eigenvalue weighted by atomic mass is 32.1.